The zero-order valence-electron chi connectivity index (χ0n) is 16.6. The summed E-state index contributed by atoms with van der Waals surface area (Å²) in [6, 6.07) is 17.1. The molecule has 0 amide bonds. The number of hydrogen-bond acceptors (Lipinski definition) is 2. The topological polar surface area (TPSA) is 18.5 Å². The first-order valence-corrected chi connectivity index (χ1v) is 16.9. The van der Waals surface area contributed by atoms with E-state index in [-0.39, 0.29) is 0 Å². The van der Waals surface area contributed by atoms with Crippen molar-refractivity contribution in [2.45, 2.75) is 32.7 Å². The summed E-state index contributed by atoms with van der Waals surface area (Å²) in [6.45, 7) is 18.8. The molecule has 0 aliphatic carbocycles. The summed E-state index contributed by atoms with van der Waals surface area (Å²) in [4.78, 5) is 0. The second-order valence-corrected chi connectivity index (χ2v) is 17.7. The van der Waals surface area contributed by atoms with Crippen LogP contribution in [0.1, 0.15) is 11.1 Å². The highest BCUT2D eigenvalue weighted by atomic mass is 28.4. The lowest BCUT2D eigenvalue weighted by Crippen LogP contribution is -2.54. The molecule has 0 aromatic heterocycles. The monoisotopic (exact) mass is 398 g/mol. The lowest BCUT2D eigenvalue weighted by Gasteiger charge is -2.33. The van der Waals surface area contributed by atoms with E-state index in [0.717, 1.165) is 11.1 Å². The van der Waals surface area contributed by atoms with Crippen LogP contribution < -0.4 is 10.4 Å². The van der Waals surface area contributed by atoms with E-state index >= 15 is 0 Å². The second-order valence-electron chi connectivity index (χ2n) is 7.48. The highest BCUT2D eigenvalue weighted by Crippen LogP contribution is 2.14. The van der Waals surface area contributed by atoms with Crippen molar-refractivity contribution in [2.75, 3.05) is 0 Å². The summed E-state index contributed by atoms with van der Waals surface area (Å²) in [6.07, 6.45) is 3.73. The van der Waals surface area contributed by atoms with Gasteiger partial charge in [-0.05, 0) is 54.2 Å². The Labute approximate surface area is 162 Å². The van der Waals surface area contributed by atoms with E-state index in [4.69, 9.17) is 8.23 Å². The van der Waals surface area contributed by atoms with E-state index in [2.05, 4.69) is 94.4 Å². The van der Waals surface area contributed by atoms with E-state index in [0.29, 0.717) is 0 Å². The van der Waals surface area contributed by atoms with Gasteiger partial charge in [-0.3, -0.25) is 0 Å². The number of hydrogen-bond donors (Lipinski definition) is 0. The minimum absolute atomic E-state index is 1.14. The highest BCUT2D eigenvalue weighted by molar-refractivity contribution is 6.92. The second kappa shape index (κ2) is 8.45. The van der Waals surface area contributed by atoms with E-state index in [1.165, 1.54) is 10.4 Å². The normalized spacial score (nSPS) is 12.2. The molecule has 2 aromatic rings. The van der Waals surface area contributed by atoms with Gasteiger partial charge >= 0.3 is 0 Å². The van der Waals surface area contributed by atoms with Gasteiger partial charge in [0.15, 0.2) is 0 Å². The van der Waals surface area contributed by atoms with Crippen LogP contribution in [-0.2, 0) is 8.23 Å². The lowest BCUT2D eigenvalue weighted by atomic mass is 10.2. The zero-order valence-corrected chi connectivity index (χ0v) is 19.7. The summed E-state index contributed by atoms with van der Waals surface area (Å²) in [5, 5.41) is 2.58. The Balaban J connectivity index is 2.08. The summed E-state index contributed by atoms with van der Waals surface area (Å²) in [7, 11) is -5.71. The van der Waals surface area contributed by atoms with Gasteiger partial charge in [-0.15, -0.1) is 0 Å². The van der Waals surface area contributed by atoms with Gasteiger partial charge in [0.25, 0.3) is 9.28 Å². The molecule has 0 radical (unpaired) electrons. The van der Waals surface area contributed by atoms with Crippen LogP contribution >= 0.6 is 0 Å². The minimum atomic E-state index is -1.98. The van der Waals surface area contributed by atoms with Crippen LogP contribution in [0.2, 0.25) is 32.7 Å². The van der Waals surface area contributed by atoms with Crippen molar-refractivity contribution < 1.29 is 8.23 Å². The average Bonchev–Trinajstić information content (AvgIpc) is 2.60. The van der Waals surface area contributed by atoms with Crippen LogP contribution in [0.5, 0.6) is 0 Å². The molecule has 0 atom stereocenters. The first-order chi connectivity index (χ1) is 12.2. The molecule has 0 saturated heterocycles. The molecule has 0 saturated carbocycles. The first kappa shape index (κ1) is 20.8. The molecule has 0 fully saturated rings. The van der Waals surface area contributed by atoms with Crippen molar-refractivity contribution in [3.63, 3.8) is 0 Å². The Morgan fingerprint density at radius 1 is 0.692 bits per heavy atom. The van der Waals surface area contributed by atoms with Gasteiger partial charge in [-0.1, -0.05) is 73.8 Å². The highest BCUT2D eigenvalue weighted by Gasteiger charge is 2.33. The van der Waals surface area contributed by atoms with Gasteiger partial charge < -0.3 is 8.23 Å². The Hall–Kier alpha value is -1.51. The largest absolute Gasteiger partial charge is 0.435 e. The van der Waals surface area contributed by atoms with Crippen LogP contribution in [0.15, 0.2) is 61.7 Å². The molecule has 138 valence electrons. The molecule has 0 heterocycles. The molecule has 26 heavy (non-hydrogen) atoms. The smallest absolute Gasteiger partial charge is 0.298 e. The van der Waals surface area contributed by atoms with Gasteiger partial charge in [-0.25, -0.2) is 0 Å². The first-order valence-electron chi connectivity index (χ1n) is 8.99. The third kappa shape index (κ3) is 5.25. The third-order valence-electron chi connectivity index (χ3n) is 4.60. The van der Waals surface area contributed by atoms with Crippen LogP contribution in [0.3, 0.4) is 0 Å². The van der Waals surface area contributed by atoms with E-state index in [1.807, 2.05) is 12.2 Å². The molecule has 0 aliphatic rings. The van der Waals surface area contributed by atoms with Crippen LogP contribution in [0.4, 0.5) is 0 Å². The standard InChI is InChI=1S/C21H30O2Si3/c1-8-18-10-14-20(15-11-18)25(4,5)22-24(3)23-26(6,7)21-16-12-19(9-2)13-17-21/h8-17,24H,1-2H2,3-7H3. The van der Waals surface area contributed by atoms with Crippen molar-refractivity contribution in [3.8, 4) is 0 Å². The predicted molar refractivity (Wildman–Crippen MR) is 122 cm³/mol. The summed E-state index contributed by atoms with van der Waals surface area (Å²) < 4.78 is 13.1. The van der Waals surface area contributed by atoms with Gasteiger partial charge in [0.1, 0.15) is 0 Å². The molecular weight excluding hydrogens is 368 g/mol. The van der Waals surface area contributed by atoms with Gasteiger partial charge in [0.2, 0.25) is 16.6 Å². The Bertz CT molecular complexity index is 684. The molecular formula is C21H30O2Si3. The van der Waals surface area contributed by atoms with Crippen LogP contribution in [0.25, 0.3) is 12.2 Å². The SMILES string of the molecule is C=Cc1ccc([Si](C)(C)O[SiH](C)O[Si](C)(C)c2ccc(C=C)cc2)cc1. The van der Waals surface area contributed by atoms with E-state index in [1.54, 1.807) is 0 Å². The van der Waals surface area contributed by atoms with Crippen LogP contribution in [0, 0.1) is 0 Å². The maximum absolute atomic E-state index is 6.55. The van der Waals surface area contributed by atoms with Crippen molar-refractivity contribution in [3.05, 3.63) is 72.8 Å². The fourth-order valence-corrected chi connectivity index (χ4v) is 13.3. The summed E-state index contributed by atoms with van der Waals surface area (Å²) in [5.41, 5.74) is 2.27. The lowest BCUT2D eigenvalue weighted by molar-refractivity contribution is 0.434. The molecule has 0 spiro atoms. The average molecular weight is 399 g/mol. The summed E-state index contributed by atoms with van der Waals surface area (Å²) in [5.74, 6) is 0. The Morgan fingerprint density at radius 3 is 1.27 bits per heavy atom. The fraction of sp³-hybridized carbons (Fsp3) is 0.238. The summed E-state index contributed by atoms with van der Waals surface area (Å²) >= 11 is 0. The van der Waals surface area contributed by atoms with Crippen LogP contribution in [-0.4, -0.2) is 25.9 Å². The molecule has 2 aromatic carbocycles. The molecule has 0 aliphatic heterocycles. The quantitative estimate of drug-likeness (QED) is 0.614. The van der Waals surface area contributed by atoms with Crippen molar-refractivity contribution in [2.24, 2.45) is 0 Å². The molecule has 5 heteroatoms. The fourth-order valence-electron chi connectivity index (χ4n) is 3.03. The number of rotatable bonds is 8. The Morgan fingerprint density at radius 2 is 1.00 bits per heavy atom. The Kier molecular flexibility index (Phi) is 6.76. The third-order valence-corrected chi connectivity index (χ3v) is 15.4. The predicted octanol–water partition coefficient (Wildman–Crippen LogP) is 4.38. The molecule has 0 N–H and O–H groups in total. The minimum Gasteiger partial charge on any atom is -0.435 e. The maximum atomic E-state index is 6.55. The zero-order chi connectivity index (χ0) is 19.4. The van der Waals surface area contributed by atoms with Gasteiger partial charge in [0.05, 0.1) is 0 Å². The van der Waals surface area contributed by atoms with Crippen molar-refractivity contribution >= 4 is 48.4 Å². The maximum Gasteiger partial charge on any atom is 0.298 e. The van der Waals surface area contributed by atoms with Crippen molar-refractivity contribution in [1.82, 2.24) is 0 Å². The van der Waals surface area contributed by atoms with Gasteiger partial charge in [-0.2, -0.15) is 0 Å². The number of benzene rings is 2. The molecule has 0 bridgehead atoms. The van der Waals surface area contributed by atoms with E-state index < -0.39 is 25.9 Å². The van der Waals surface area contributed by atoms with Crippen molar-refractivity contribution in [1.29, 1.82) is 0 Å². The van der Waals surface area contributed by atoms with E-state index in [9.17, 15) is 0 Å². The molecule has 0 unspecified atom stereocenters. The molecule has 2 nitrogen and oxygen atoms in total. The molecule has 2 rings (SSSR count). The van der Waals surface area contributed by atoms with Gasteiger partial charge in [0, 0.05) is 0 Å².